The predicted molar refractivity (Wildman–Crippen MR) is 137 cm³/mol. The Morgan fingerprint density at radius 3 is 2.62 bits per heavy atom. The van der Waals surface area contributed by atoms with Gasteiger partial charge in [-0.05, 0) is 23.7 Å². The van der Waals surface area contributed by atoms with Gasteiger partial charge in [-0.2, -0.15) is 4.98 Å². The summed E-state index contributed by atoms with van der Waals surface area (Å²) in [6, 6.07) is 11.0. The molecule has 3 heterocycles. The van der Waals surface area contributed by atoms with Gasteiger partial charge in [0.1, 0.15) is 6.61 Å². The van der Waals surface area contributed by atoms with Crippen LogP contribution in [0.25, 0.3) is 10.9 Å². The molecule has 0 fully saturated rings. The molecule has 1 aliphatic heterocycles. The maximum Gasteiger partial charge on any atom is 0.253 e. The van der Waals surface area contributed by atoms with Crippen molar-refractivity contribution < 1.29 is 13.6 Å². The van der Waals surface area contributed by atoms with Gasteiger partial charge in [0.2, 0.25) is 5.88 Å². The van der Waals surface area contributed by atoms with Crippen LogP contribution in [0, 0.1) is 5.82 Å². The summed E-state index contributed by atoms with van der Waals surface area (Å²) < 4.78 is 29.1. The van der Waals surface area contributed by atoms with Crippen molar-refractivity contribution in [2.45, 2.75) is 45.4 Å². The number of ether oxygens (including phenoxy) is 1. The summed E-state index contributed by atoms with van der Waals surface area (Å²) in [5, 5.41) is 0.244. The number of aromatic nitrogens is 2. The molecule has 6 nitrogen and oxygen atoms in total. The van der Waals surface area contributed by atoms with Crippen LogP contribution in [0.2, 0.25) is 23.3 Å². The van der Waals surface area contributed by atoms with E-state index in [1.165, 1.54) is 4.57 Å². The number of halogens is 2. The van der Waals surface area contributed by atoms with Gasteiger partial charge in [-0.15, -0.1) is 0 Å². The van der Waals surface area contributed by atoms with Crippen molar-refractivity contribution >= 4 is 36.5 Å². The van der Waals surface area contributed by atoms with Crippen molar-refractivity contribution in [1.82, 2.24) is 9.55 Å². The molecule has 0 saturated heterocycles. The molecule has 4 rings (SSSR count). The molecule has 0 spiro atoms. The largest absolute Gasteiger partial charge is 0.475 e. The number of nitrogens with zero attached hydrogens (tertiary/aromatic N) is 3. The zero-order valence-corrected chi connectivity index (χ0v) is 22.1. The standard InChI is InChI=1S/C25H31ClFN3O3Si/c1-25(2,3)34(4,5)33-14-12-29-11-13-32-24-20-18(29)15-19(31)30(16-17-9-7-6-8-10-17)22(20)21(27)23(26)28-24/h6-10,15H,11-14,16H2,1-5H3. The molecule has 0 amide bonds. The van der Waals surface area contributed by atoms with Crippen LogP contribution >= 0.6 is 11.6 Å². The minimum absolute atomic E-state index is 0.0937. The molecular formula is C25H31ClFN3O3Si. The predicted octanol–water partition coefficient (Wildman–Crippen LogP) is 5.46. The van der Waals surface area contributed by atoms with Gasteiger partial charge in [-0.1, -0.05) is 62.7 Å². The fourth-order valence-corrected chi connectivity index (χ4v) is 5.07. The van der Waals surface area contributed by atoms with E-state index in [1.54, 1.807) is 6.07 Å². The highest BCUT2D eigenvalue weighted by Gasteiger charge is 2.37. The Balaban J connectivity index is 1.78. The number of hydrogen-bond donors (Lipinski definition) is 0. The summed E-state index contributed by atoms with van der Waals surface area (Å²) >= 11 is 6.13. The molecule has 0 N–H and O–H groups in total. The SMILES string of the molecule is CC(C)(C)[Si](C)(C)OCCN1CCOc2nc(Cl)c(F)c3c2c1cc(=O)n3Cc1ccccc1. The third-order valence-corrected chi connectivity index (χ3v) is 11.6. The Hall–Kier alpha value is -2.42. The lowest BCUT2D eigenvalue weighted by Crippen LogP contribution is -2.43. The van der Waals surface area contributed by atoms with Crippen LogP contribution in [0.3, 0.4) is 0 Å². The molecule has 0 bridgehead atoms. The van der Waals surface area contributed by atoms with Crippen LogP contribution < -0.4 is 15.2 Å². The van der Waals surface area contributed by atoms with E-state index in [1.807, 2.05) is 35.2 Å². The molecule has 0 aliphatic carbocycles. The number of benzene rings is 1. The Kier molecular flexibility index (Phi) is 6.77. The van der Waals surface area contributed by atoms with E-state index in [4.69, 9.17) is 20.8 Å². The highest BCUT2D eigenvalue weighted by atomic mass is 35.5. The van der Waals surface area contributed by atoms with Gasteiger partial charge in [0.15, 0.2) is 19.3 Å². The van der Waals surface area contributed by atoms with E-state index in [2.05, 4.69) is 38.8 Å². The van der Waals surface area contributed by atoms with Crippen LogP contribution in [-0.2, 0) is 11.0 Å². The lowest BCUT2D eigenvalue weighted by molar-refractivity contribution is 0.285. The zero-order valence-electron chi connectivity index (χ0n) is 20.3. The number of pyridine rings is 2. The second kappa shape index (κ2) is 9.32. The lowest BCUT2D eigenvalue weighted by atomic mass is 10.1. The molecule has 0 unspecified atom stereocenters. The summed E-state index contributed by atoms with van der Waals surface area (Å²) in [5.74, 6) is -0.482. The third kappa shape index (κ3) is 4.71. The molecule has 0 radical (unpaired) electrons. The van der Waals surface area contributed by atoms with E-state index in [0.29, 0.717) is 37.4 Å². The molecule has 2 aromatic heterocycles. The van der Waals surface area contributed by atoms with Crippen molar-refractivity contribution in [3.63, 3.8) is 0 Å². The molecule has 182 valence electrons. The lowest BCUT2D eigenvalue weighted by Gasteiger charge is -2.37. The van der Waals surface area contributed by atoms with Gasteiger partial charge < -0.3 is 18.6 Å². The molecule has 3 aromatic rings. The first-order valence-electron chi connectivity index (χ1n) is 11.5. The second-order valence-electron chi connectivity index (χ2n) is 10.1. The molecule has 34 heavy (non-hydrogen) atoms. The zero-order chi connectivity index (χ0) is 24.7. The molecular weight excluding hydrogens is 473 g/mol. The van der Waals surface area contributed by atoms with E-state index in [9.17, 15) is 4.79 Å². The average molecular weight is 504 g/mol. The highest BCUT2D eigenvalue weighted by molar-refractivity contribution is 6.74. The summed E-state index contributed by atoms with van der Waals surface area (Å²) in [7, 11) is -1.93. The smallest absolute Gasteiger partial charge is 0.253 e. The Morgan fingerprint density at radius 2 is 1.94 bits per heavy atom. The topological polar surface area (TPSA) is 56.6 Å². The summed E-state index contributed by atoms with van der Waals surface area (Å²) in [5.41, 5.74) is 1.27. The van der Waals surface area contributed by atoms with E-state index in [0.717, 1.165) is 5.56 Å². The van der Waals surface area contributed by atoms with Crippen molar-refractivity contribution in [3.8, 4) is 5.88 Å². The van der Waals surface area contributed by atoms with Crippen LogP contribution in [0.15, 0.2) is 41.2 Å². The van der Waals surface area contributed by atoms with Crippen molar-refractivity contribution in [1.29, 1.82) is 0 Å². The third-order valence-electron chi connectivity index (χ3n) is 6.85. The van der Waals surface area contributed by atoms with E-state index < -0.39 is 14.1 Å². The molecule has 0 atom stereocenters. The number of anilines is 1. The minimum atomic E-state index is -1.93. The van der Waals surface area contributed by atoms with Gasteiger partial charge in [0.05, 0.1) is 36.3 Å². The van der Waals surface area contributed by atoms with Crippen LogP contribution in [0.5, 0.6) is 5.88 Å². The maximum absolute atomic E-state index is 15.4. The van der Waals surface area contributed by atoms with Gasteiger partial charge in [0, 0.05) is 12.6 Å². The second-order valence-corrected chi connectivity index (χ2v) is 15.3. The quantitative estimate of drug-likeness (QED) is 0.330. The summed E-state index contributed by atoms with van der Waals surface area (Å²) in [4.78, 5) is 19.5. The van der Waals surface area contributed by atoms with Crippen LogP contribution in [0.4, 0.5) is 10.1 Å². The van der Waals surface area contributed by atoms with E-state index in [-0.39, 0.29) is 33.7 Å². The van der Waals surface area contributed by atoms with E-state index >= 15 is 4.39 Å². The minimum Gasteiger partial charge on any atom is -0.475 e. The van der Waals surface area contributed by atoms with Gasteiger partial charge in [0.25, 0.3) is 5.56 Å². The molecule has 9 heteroatoms. The molecule has 0 saturated carbocycles. The Morgan fingerprint density at radius 1 is 1.24 bits per heavy atom. The van der Waals surface area contributed by atoms with Crippen molar-refractivity contribution in [3.05, 3.63) is 63.3 Å². The fourth-order valence-electron chi connectivity index (χ4n) is 3.87. The normalized spacial score (nSPS) is 14.3. The van der Waals surface area contributed by atoms with Crippen LogP contribution in [0.1, 0.15) is 26.3 Å². The average Bonchev–Trinajstić information content (AvgIpc) is 2.93. The van der Waals surface area contributed by atoms with Gasteiger partial charge in [-0.25, -0.2) is 4.39 Å². The van der Waals surface area contributed by atoms with Gasteiger partial charge >= 0.3 is 0 Å². The van der Waals surface area contributed by atoms with Gasteiger partial charge in [-0.3, -0.25) is 4.79 Å². The maximum atomic E-state index is 15.4. The molecule has 1 aliphatic rings. The Labute approximate surface area is 205 Å². The Bertz CT molecular complexity index is 1260. The van der Waals surface area contributed by atoms with Crippen LogP contribution in [-0.4, -0.2) is 44.2 Å². The fraction of sp³-hybridized carbons (Fsp3) is 0.440. The summed E-state index contributed by atoms with van der Waals surface area (Å²) in [6.45, 7) is 13.1. The summed E-state index contributed by atoms with van der Waals surface area (Å²) in [6.07, 6.45) is 0. The first-order chi connectivity index (χ1) is 16.0. The monoisotopic (exact) mass is 503 g/mol. The number of hydrogen-bond acceptors (Lipinski definition) is 5. The molecule has 1 aromatic carbocycles. The van der Waals surface area contributed by atoms with Crippen molar-refractivity contribution in [2.24, 2.45) is 0 Å². The highest BCUT2D eigenvalue weighted by Crippen LogP contribution is 2.39. The van der Waals surface area contributed by atoms with Crippen molar-refractivity contribution in [2.75, 3.05) is 31.2 Å². The number of rotatable bonds is 6. The first-order valence-corrected chi connectivity index (χ1v) is 14.8. The first kappa shape index (κ1) is 24.7.